The molecule has 2 N–H and O–H groups in total. The van der Waals surface area contributed by atoms with E-state index in [1.807, 2.05) is 0 Å². The highest BCUT2D eigenvalue weighted by molar-refractivity contribution is 5.70. The summed E-state index contributed by atoms with van der Waals surface area (Å²) < 4.78 is 30.9. The van der Waals surface area contributed by atoms with E-state index in [1.165, 1.54) is 71.1 Å². The number of esters is 3. The molecule has 0 aliphatic carbocycles. The van der Waals surface area contributed by atoms with Gasteiger partial charge < -0.3 is 38.6 Å². The molecule has 0 aromatic carbocycles. The SMILES string of the molecule is COCC(O)CCCCCCCCCOCCCCCCCCCCOC(=O)CCCCCCCCC(O)COC(=O)COCCOC(C)=O. The zero-order chi connectivity index (χ0) is 36.8. The summed E-state index contributed by atoms with van der Waals surface area (Å²) >= 11 is 0. The molecule has 0 aliphatic heterocycles. The summed E-state index contributed by atoms with van der Waals surface area (Å²) in [5.41, 5.74) is 0. The van der Waals surface area contributed by atoms with Crippen LogP contribution in [0.2, 0.25) is 0 Å². The van der Waals surface area contributed by atoms with Crippen LogP contribution in [0.1, 0.15) is 161 Å². The topological polar surface area (TPSA) is 147 Å². The van der Waals surface area contributed by atoms with Crippen LogP contribution in [0.25, 0.3) is 0 Å². The molecule has 11 heteroatoms. The largest absolute Gasteiger partial charge is 0.466 e. The monoisotopic (exact) mass is 719 g/mol. The Morgan fingerprint density at radius 1 is 0.460 bits per heavy atom. The standard InChI is InChI=1S/C39H74O11/c1-35(40)48-31-30-47-34-39(44)50-33-37(42)25-19-13-7-8-14-20-26-38(43)49-29-23-17-11-4-3-9-15-21-27-46-28-22-16-10-5-6-12-18-24-36(41)32-45-2/h36-37,41-42H,3-34H2,1-2H3. The molecule has 0 bridgehead atoms. The van der Waals surface area contributed by atoms with Gasteiger partial charge in [0.1, 0.15) is 19.8 Å². The molecule has 0 aromatic rings. The van der Waals surface area contributed by atoms with Crippen LogP contribution in [0.4, 0.5) is 0 Å². The Hall–Kier alpha value is -1.79. The maximum absolute atomic E-state index is 12.0. The van der Waals surface area contributed by atoms with E-state index in [4.69, 9.17) is 28.4 Å². The summed E-state index contributed by atoms with van der Waals surface area (Å²) in [6.07, 6.45) is 24.5. The van der Waals surface area contributed by atoms with E-state index in [0.717, 1.165) is 90.3 Å². The van der Waals surface area contributed by atoms with Crippen LogP contribution in [0.15, 0.2) is 0 Å². The van der Waals surface area contributed by atoms with E-state index in [2.05, 4.69) is 0 Å². The molecule has 0 aliphatic rings. The van der Waals surface area contributed by atoms with Gasteiger partial charge in [0, 0.05) is 33.7 Å². The molecular formula is C39H74O11. The second-order valence-corrected chi connectivity index (χ2v) is 13.4. The van der Waals surface area contributed by atoms with Crippen molar-refractivity contribution in [2.75, 3.05) is 60.0 Å². The van der Waals surface area contributed by atoms with Gasteiger partial charge in [0.25, 0.3) is 0 Å². The molecule has 50 heavy (non-hydrogen) atoms. The number of methoxy groups -OCH3 is 1. The van der Waals surface area contributed by atoms with Gasteiger partial charge in [-0.3, -0.25) is 9.59 Å². The number of aliphatic hydroxyl groups excluding tert-OH is 2. The van der Waals surface area contributed by atoms with Gasteiger partial charge in [0.05, 0.1) is 32.0 Å². The lowest BCUT2D eigenvalue weighted by Crippen LogP contribution is -2.22. The lowest BCUT2D eigenvalue weighted by atomic mass is 10.1. The number of carbonyl (C=O) groups is 3. The second-order valence-electron chi connectivity index (χ2n) is 13.4. The molecule has 0 fully saturated rings. The molecule has 0 saturated heterocycles. The van der Waals surface area contributed by atoms with E-state index in [9.17, 15) is 24.6 Å². The Balaban J connectivity index is 3.29. The van der Waals surface area contributed by atoms with Gasteiger partial charge in [0.2, 0.25) is 0 Å². The van der Waals surface area contributed by atoms with Crippen molar-refractivity contribution < 1.29 is 53.0 Å². The first-order valence-electron chi connectivity index (χ1n) is 19.8. The predicted molar refractivity (Wildman–Crippen MR) is 195 cm³/mol. The van der Waals surface area contributed by atoms with Crippen LogP contribution < -0.4 is 0 Å². The lowest BCUT2D eigenvalue weighted by molar-refractivity contribution is -0.153. The fraction of sp³-hybridized carbons (Fsp3) is 0.923. The number of hydrogen-bond acceptors (Lipinski definition) is 11. The van der Waals surface area contributed by atoms with Gasteiger partial charge in [-0.05, 0) is 38.5 Å². The van der Waals surface area contributed by atoms with E-state index >= 15 is 0 Å². The molecule has 0 saturated carbocycles. The molecule has 296 valence electrons. The van der Waals surface area contributed by atoms with Gasteiger partial charge in [-0.1, -0.05) is 109 Å². The van der Waals surface area contributed by atoms with Crippen molar-refractivity contribution in [3.8, 4) is 0 Å². The normalized spacial score (nSPS) is 12.5. The van der Waals surface area contributed by atoms with Crippen molar-refractivity contribution in [1.29, 1.82) is 0 Å². The summed E-state index contributed by atoms with van der Waals surface area (Å²) in [4.78, 5) is 34.2. The van der Waals surface area contributed by atoms with Crippen molar-refractivity contribution in [3.05, 3.63) is 0 Å². The van der Waals surface area contributed by atoms with Gasteiger partial charge >= 0.3 is 17.9 Å². The minimum atomic E-state index is -0.697. The summed E-state index contributed by atoms with van der Waals surface area (Å²) in [6, 6.07) is 0. The minimum absolute atomic E-state index is 0.0569. The van der Waals surface area contributed by atoms with Crippen molar-refractivity contribution >= 4 is 17.9 Å². The van der Waals surface area contributed by atoms with E-state index < -0.39 is 18.0 Å². The minimum Gasteiger partial charge on any atom is -0.466 e. The van der Waals surface area contributed by atoms with E-state index in [1.54, 1.807) is 7.11 Å². The zero-order valence-corrected chi connectivity index (χ0v) is 31.9. The highest BCUT2D eigenvalue weighted by Crippen LogP contribution is 2.13. The van der Waals surface area contributed by atoms with Crippen molar-refractivity contribution in [2.24, 2.45) is 0 Å². The summed E-state index contributed by atoms with van der Waals surface area (Å²) in [6.45, 7) is 3.93. The van der Waals surface area contributed by atoms with Crippen LogP contribution >= 0.6 is 0 Å². The molecule has 0 heterocycles. The average Bonchev–Trinajstić information content (AvgIpc) is 3.09. The summed E-state index contributed by atoms with van der Waals surface area (Å²) in [5.74, 6) is -1.06. The predicted octanol–water partition coefficient (Wildman–Crippen LogP) is 7.40. The fourth-order valence-corrected chi connectivity index (χ4v) is 5.54. The maximum Gasteiger partial charge on any atom is 0.332 e. The Kier molecular flexibility index (Phi) is 37.1. The highest BCUT2D eigenvalue weighted by atomic mass is 16.6. The zero-order valence-electron chi connectivity index (χ0n) is 31.9. The Bertz CT molecular complexity index is 764. The van der Waals surface area contributed by atoms with Crippen LogP contribution in [-0.4, -0.2) is 100 Å². The molecule has 11 nitrogen and oxygen atoms in total. The number of hydrogen-bond donors (Lipinski definition) is 2. The van der Waals surface area contributed by atoms with E-state index in [0.29, 0.717) is 26.1 Å². The third kappa shape index (κ3) is 39.0. The highest BCUT2D eigenvalue weighted by Gasteiger charge is 2.10. The first-order valence-corrected chi connectivity index (χ1v) is 19.8. The first kappa shape index (κ1) is 48.2. The van der Waals surface area contributed by atoms with Gasteiger partial charge in [-0.15, -0.1) is 0 Å². The summed E-state index contributed by atoms with van der Waals surface area (Å²) in [5, 5.41) is 19.6. The molecular weight excluding hydrogens is 644 g/mol. The third-order valence-electron chi connectivity index (χ3n) is 8.49. The second kappa shape index (κ2) is 38.4. The molecule has 0 amide bonds. The lowest BCUT2D eigenvalue weighted by Gasteiger charge is -2.11. The average molecular weight is 719 g/mol. The van der Waals surface area contributed by atoms with Crippen molar-refractivity contribution in [3.63, 3.8) is 0 Å². The van der Waals surface area contributed by atoms with Crippen LogP contribution in [0, 0.1) is 0 Å². The first-order chi connectivity index (χ1) is 24.3. The van der Waals surface area contributed by atoms with E-state index in [-0.39, 0.29) is 38.5 Å². The molecule has 0 spiro atoms. The smallest absolute Gasteiger partial charge is 0.332 e. The van der Waals surface area contributed by atoms with Crippen molar-refractivity contribution in [2.45, 2.75) is 173 Å². The number of unbranched alkanes of at least 4 members (excludes halogenated alkanes) is 18. The van der Waals surface area contributed by atoms with Crippen molar-refractivity contribution in [1.82, 2.24) is 0 Å². The number of ether oxygens (including phenoxy) is 6. The fourth-order valence-electron chi connectivity index (χ4n) is 5.54. The summed E-state index contributed by atoms with van der Waals surface area (Å²) in [7, 11) is 1.63. The quantitative estimate of drug-likeness (QED) is 0.0372. The molecule has 2 unspecified atom stereocenters. The van der Waals surface area contributed by atoms with Gasteiger partial charge in [-0.2, -0.15) is 0 Å². The number of rotatable bonds is 39. The molecule has 0 radical (unpaired) electrons. The van der Waals surface area contributed by atoms with Crippen LogP contribution in [0.5, 0.6) is 0 Å². The number of carbonyl (C=O) groups excluding carboxylic acids is 3. The Morgan fingerprint density at radius 3 is 1.44 bits per heavy atom. The molecule has 0 aromatic heterocycles. The van der Waals surface area contributed by atoms with Crippen LogP contribution in [-0.2, 0) is 42.8 Å². The Morgan fingerprint density at radius 2 is 0.920 bits per heavy atom. The van der Waals surface area contributed by atoms with Crippen LogP contribution in [0.3, 0.4) is 0 Å². The maximum atomic E-state index is 12.0. The Labute approximate surface area is 303 Å². The molecule has 0 rings (SSSR count). The number of aliphatic hydroxyl groups is 2. The van der Waals surface area contributed by atoms with Gasteiger partial charge in [-0.25, -0.2) is 4.79 Å². The third-order valence-corrected chi connectivity index (χ3v) is 8.49. The molecule has 2 atom stereocenters. The van der Waals surface area contributed by atoms with Gasteiger partial charge in [0.15, 0.2) is 0 Å².